The van der Waals surface area contributed by atoms with Crippen molar-refractivity contribution >= 4 is 12.6 Å². The second-order valence-electron chi connectivity index (χ2n) is 3.29. The van der Waals surface area contributed by atoms with Crippen molar-refractivity contribution in [2.75, 3.05) is 14.1 Å². The van der Waals surface area contributed by atoms with Gasteiger partial charge in [-0.05, 0) is 12.1 Å². The van der Waals surface area contributed by atoms with Gasteiger partial charge in [0, 0.05) is 26.4 Å². The van der Waals surface area contributed by atoms with E-state index in [1.54, 1.807) is 7.05 Å². The highest BCUT2D eigenvalue weighted by atomic mass is 19.4. The third-order valence-electron chi connectivity index (χ3n) is 2.20. The molecule has 0 aliphatic heterocycles. The van der Waals surface area contributed by atoms with Crippen molar-refractivity contribution in [3.05, 3.63) is 35.4 Å². The summed E-state index contributed by atoms with van der Waals surface area (Å²) in [5, 5.41) is 5.03. The fourth-order valence-electron chi connectivity index (χ4n) is 1.34. The number of hydrazone groups is 1. The number of amidine groups is 1. The van der Waals surface area contributed by atoms with Gasteiger partial charge in [0.2, 0.25) is 0 Å². The fraction of sp³-hybridized carbons (Fsp3) is 0.385. The van der Waals surface area contributed by atoms with Gasteiger partial charge in [-0.3, -0.25) is 10.0 Å². The van der Waals surface area contributed by atoms with E-state index < -0.39 is 11.7 Å². The molecule has 0 saturated heterocycles. The monoisotopic (exact) mass is 273 g/mol. The lowest BCUT2D eigenvalue weighted by Crippen LogP contribution is -2.22. The van der Waals surface area contributed by atoms with Crippen LogP contribution in [0.3, 0.4) is 0 Å². The molecule has 0 aliphatic rings. The van der Waals surface area contributed by atoms with E-state index in [4.69, 9.17) is 0 Å². The Morgan fingerprint density at radius 3 is 1.95 bits per heavy atom. The van der Waals surface area contributed by atoms with Gasteiger partial charge >= 0.3 is 6.18 Å². The Bertz CT molecular complexity index is 422. The number of rotatable bonds is 2. The van der Waals surface area contributed by atoms with E-state index in [1.807, 2.05) is 13.8 Å². The van der Waals surface area contributed by atoms with Crippen LogP contribution >= 0.6 is 0 Å². The number of nitrogens with zero attached hydrogens (tertiary/aromatic N) is 3. The zero-order valence-electron chi connectivity index (χ0n) is 11.5. The molecule has 0 N–H and O–H groups in total. The van der Waals surface area contributed by atoms with Crippen LogP contribution in [0.15, 0.2) is 34.4 Å². The summed E-state index contributed by atoms with van der Waals surface area (Å²) in [6.45, 7) is 7.33. The predicted molar refractivity (Wildman–Crippen MR) is 72.6 cm³/mol. The van der Waals surface area contributed by atoms with Crippen molar-refractivity contribution in [1.29, 1.82) is 0 Å². The molecule has 0 heterocycles. The molecule has 3 nitrogen and oxygen atoms in total. The summed E-state index contributed by atoms with van der Waals surface area (Å²) in [6, 6.07) is 4.73. The summed E-state index contributed by atoms with van der Waals surface area (Å²) in [6.07, 6.45) is -4.33. The highest BCUT2D eigenvalue weighted by Crippen LogP contribution is 2.29. The maximum atomic E-state index is 12.4. The second kappa shape index (κ2) is 7.56. The van der Waals surface area contributed by atoms with Crippen LogP contribution in [0.4, 0.5) is 13.2 Å². The van der Waals surface area contributed by atoms with Crippen LogP contribution in [0.25, 0.3) is 0 Å². The number of hydrogen-bond acceptors (Lipinski definition) is 2. The Morgan fingerprint density at radius 1 is 1.16 bits per heavy atom. The quantitative estimate of drug-likeness (QED) is 0.459. The van der Waals surface area contributed by atoms with Crippen molar-refractivity contribution in [2.24, 2.45) is 10.1 Å². The summed E-state index contributed by atoms with van der Waals surface area (Å²) in [4.78, 5) is 3.95. The smallest absolute Gasteiger partial charge is 0.270 e. The molecule has 0 unspecified atom stereocenters. The Labute approximate surface area is 111 Å². The average Bonchev–Trinajstić information content (AvgIpc) is 2.41. The number of halogens is 3. The standard InChI is InChI=1S/C11H12F3N3.C2H6/c1-15-10(17(3)16-2)8-4-6-9(7-5-8)11(12,13)14;1-2/h4-7H,2H2,1,3H3;1-2H3. The van der Waals surface area contributed by atoms with Crippen LogP contribution in [0.1, 0.15) is 25.0 Å². The van der Waals surface area contributed by atoms with Crippen molar-refractivity contribution in [3.63, 3.8) is 0 Å². The van der Waals surface area contributed by atoms with Crippen LogP contribution < -0.4 is 0 Å². The molecule has 0 bridgehead atoms. The molecule has 0 aromatic heterocycles. The second-order valence-corrected chi connectivity index (χ2v) is 3.29. The van der Waals surface area contributed by atoms with Gasteiger partial charge in [-0.1, -0.05) is 26.0 Å². The third-order valence-corrected chi connectivity index (χ3v) is 2.20. The maximum Gasteiger partial charge on any atom is 0.416 e. The number of benzene rings is 1. The molecule has 0 atom stereocenters. The highest BCUT2D eigenvalue weighted by molar-refractivity contribution is 5.98. The summed E-state index contributed by atoms with van der Waals surface area (Å²) < 4.78 is 37.1. The first-order valence-corrected chi connectivity index (χ1v) is 5.75. The molecule has 106 valence electrons. The lowest BCUT2D eigenvalue weighted by Gasteiger charge is -2.15. The SMILES string of the molecule is C=NN(C)C(=NC)c1ccc(C(F)(F)F)cc1.CC. The topological polar surface area (TPSA) is 28.0 Å². The molecule has 0 fully saturated rings. The highest BCUT2D eigenvalue weighted by Gasteiger charge is 2.30. The van der Waals surface area contributed by atoms with Crippen LogP contribution in [0.5, 0.6) is 0 Å². The largest absolute Gasteiger partial charge is 0.416 e. The summed E-state index contributed by atoms with van der Waals surface area (Å²) in [5.74, 6) is 0.453. The number of aliphatic imine (C=N–C) groups is 1. The normalized spacial score (nSPS) is 11.4. The van der Waals surface area contributed by atoms with E-state index in [1.165, 1.54) is 24.2 Å². The van der Waals surface area contributed by atoms with Crippen LogP contribution in [0, 0.1) is 0 Å². The van der Waals surface area contributed by atoms with E-state index in [9.17, 15) is 13.2 Å². The van der Waals surface area contributed by atoms with Crippen molar-refractivity contribution < 1.29 is 13.2 Å². The zero-order valence-corrected chi connectivity index (χ0v) is 11.5. The fourth-order valence-corrected chi connectivity index (χ4v) is 1.34. The van der Waals surface area contributed by atoms with Crippen molar-refractivity contribution in [1.82, 2.24) is 5.01 Å². The summed E-state index contributed by atoms with van der Waals surface area (Å²) in [5.41, 5.74) is -0.138. The van der Waals surface area contributed by atoms with Gasteiger partial charge in [0.15, 0.2) is 5.84 Å². The molecule has 6 heteroatoms. The van der Waals surface area contributed by atoms with Crippen molar-refractivity contribution in [3.8, 4) is 0 Å². The van der Waals surface area contributed by atoms with Gasteiger partial charge < -0.3 is 0 Å². The molecule has 0 spiro atoms. The van der Waals surface area contributed by atoms with Gasteiger partial charge in [-0.25, -0.2) is 0 Å². The van der Waals surface area contributed by atoms with Crippen molar-refractivity contribution in [2.45, 2.75) is 20.0 Å². The molecular weight excluding hydrogens is 255 g/mol. The molecule has 0 aliphatic carbocycles. The summed E-state index contributed by atoms with van der Waals surface area (Å²) in [7, 11) is 3.15. The van der Waals surface area contributed by atoms with Crippen LogP contribution in [-0.2, 0) is 6.18 Å². The van der Waals surface area contributed by atoms with E-state index in [0.29, 0.717) is 11.4 Å². The zero-order chi connectivity index (χ0) is 15.1. The van der Waals surface area contributed by atoms with Gasteiger partial charge in [-0.2, -0.15) is 18.3 Å². The van der Waals surface area contributed by atoms with E-state index >= 15 is 0 Å². The van der Waals surface area contributed by atoms with Crippen LogP contribution in [0.2, 0.25) is 0 Å². The minimum absolute atomic E-state index is 0.453. The lowest BCUT2D eigenvalue weighted by molar-refractivity contribution is -0.137. The molecule has 1 aromatic carbocycles. The minimum atomic E-state index is -4.33. The predicted octanol–water partition coefficient (Wildman–Crippen LogP) is 3.66. The van der Waals surface area contributed by atoms with E-state index in [-0.39, 0.29) is 0 Å². The maximum absolute atomic E-state index is 12.4. The average molecular weight is 273 g/mol. The molecule has 1 aromatic rings. The van der Waals surface area contributed by atoms with Gasteiger partial charge in [0.1, 0.15) is 0 Å². The Balaban J connectivity index is 0.00000154. The van der Waals surface area contributed by atoms with Gasteiger partial charge in [0.05, 0.1) is 5.56 Å². The van der Waals surface area contributed by atoms with Gasteiger partial charge in [-0.15, -0.1) is 0 Å². The van der Waals surface area contributed by atoms with Crippen LogP contribution in [-0.4, -0.2) is 31.7 Å². The molecule has 0 radical (unpaired) electrons. The Kier molecular flexibility index (Phi) is 6.82. The summed E-state index contributed by atoms with van der Waals surface area (Å²) >= 11 is 0. The molecule has 19 heavy (non-hydrogen) atoms. The molecule has 1 rings (SSSR count). The third kappa shape index (κ3) is 4.73. The molecular formula is C13H18F3N3. The van der Waals surface area contributed by atoms with Gasteiger partial charge in [0.25, 0.3) is 0 Å². The van der Waals surface area contributed by atoms with E-state index in [2.05, 4.69) is 16.8 Å². The Morgan fingerprint density at radius 2 is 1.63 bits per heavy atom. The molecule has 0 amide bonds. The Hall–Kier alpha value is -1.85. The number of hydrogen-bond donors (Lipinski definition) is 0. The lowest BCUT2D eigenvalue weighted by atomic mass is 10.1. The van der Waals surface area contributed by atoms with E-state index in [0.717, 1.165) is 12.1 Å². The molecule has 0 saturated carbocycles. The minimum Gasteiger partial charge on any atom is -0.270 e. The number of alkyl halides is 3. The first-order valence-electron chi connectivity index (χ1n) is 5.75. The first-order chi connectivity index (χ1) is 8.90. The first kappa shape index (κ1) is 17.2.